The molecule has 2 N–H and O–H groups in total. The summed E-state index contributed by atoms with van der Waals surface area (Å²) in [6, 6.07) is 21.1. The van der Waals surface area contributed by atoms with Crippen LogP contribution < -0.4 is 5.43 Å². The van der Waals surface area contributed by atoms with Crippen LogP contribution in [0.4, 0.5) is 0 Å². The van der Waals surface area contributed by atoms with Crippen molar-refractivity contribution < 1.29 is 19.4 Å². The molecule has 40 heavy (non-hydrogen) atoms. The minimum atomic E-state index is -0.706. The van der Waals surface area contributed by atoms with Crippen LogP contribution >= 0.6 is 0 Å². The molecule has 1 aliphatic heterocycles. The first-order chi connectivity index (χ1) is 19.4. The molecule has 202 valence electrons. The zero-order chi connectivity index (χ0) is 27.8. The maximum Gasteiger partial charge on any atom is 0.223 e. The molecule has 5 aromatic rings. The van der Waals surface area contributed by atoms with E-state index in [1.165, 1.54) is 6.07 Å². The molecule has 0 spiro atoms. The Bertz CT molecular complexity index is 1770. The highest BCUT2D eigenvalue weighted by Gasteiger charge is 2.31. The fourth-order valence-corrected chi connectivity index (χ4v) is 5.54. The van der Waals surface area contributed by atoms with Gasteiger partial charge in [-0.25, -0.2) is 0 Å². The van der Waals surface area contributed by atoms with Crippen molar-refractivity contribution >= 4 is 27.8 Å². The van der Waals surface area contributed by atoms with E-state index in [0.29, 0.717) is 29.9 Å². The van der Waals surface area contributed by atoms with E-state index in [2.05, 4.69) is 9.88 Å². The van der Waals surface area contributed by atoms with Gasteiger partial charge in [-0.15, -0.1) is 0 Å². The van der Waals surface area contributed by atoms with Crippen molar-refractivity contribution in [2.45, 2.75) is 12.3 Å². The number of pyridine rings is 1. The molecule has 1 amide bonds. The Balaban J connectivity index is 1.59. The molecule has 3 aromatic carbocycles. The van der Waals surface area contributed by atoms with Gasteiger partial charge in [0.25, 0.3) is 0 Å². The van der Waals surface area contributed by atoms with Crippen molar-refractivity contribution in [1.82, 2.24) is 14.8 Å². The lowest BCUT2D eigenvalue weighted by Gasteiger charge is -2.33. The first-order valence-corrected chi connectivity index (χ1v) is 13.3. The second-order valence-electron chi connectivity index (χ2n) is 10.2. The lowest BCUT2D eigenvalue weighted by molar-refractivity contribution is -0.133. The smallest absolute Gasteiger partial charge is 0.223 e. The fraction of sp³-hybridized carbons (Fsp3) is 0.219. The molecule has 0 aliphatic carbocycles. The Morgan fingerprint density at radius 1 is 0.950 bits per heavy atom. The molecule has 0 radical (unpaired) electrons. The van der Waals surface area contributed by atoms with Gasteiger partial charge in [0.1, 0.15) is 28.2 Å². The largest absolute Gasteiger partial charge is 0.507 e. The van der Waals surface area contributed by atoms with Crippen LogP contribution in [0.2, 0.25) is 0 Å². The topological polar surface area (TPSA) is 107 Å². The van der Waals surface area contributed by atoms with E-state index in [-0.39, 0.29) is 40.4 Å². The summed E-state index contributed by atoms with van der Waals surface area (Å²) in [6.45, 7) is 2.75. The number of fused-ring (bicyclic) bond motifs is 2. The molecular formula is C32H29N3O5. The summed E-state index contributed by atoms with van der Waals surface area (Å²) in [5.41, 5.74) is 1.95. The zero-order valence-electron chi connectivity index (χ0n) is 22.1. The highest BCUT2D eigenvalue weighted by atomic mass is 16.3. The maximum atomic E-state index is 13.7. The third-order valence-corrected chi connectivity index (χ3v) is 7.68. The van der Waals surface area contributed by atoms with Crippen molar-refractivity contribution in [2.75, 3.05) is 33.2 Å². The number of carbonyl (C=O) groups excluding carboxylic acids is 1. The molecule has 1 fully saturated rings. The van der Waals surface area contributed by atoms with Gasteiger partial charge in [0.15, 0.2) is 5.43 Å². The van der Waals surface area contributed by atoms with E-state index in [4.69, 9.17) is 4.42 Å². The highest BCUT2D eigenvalue weighted by Crippen LogP contribution is 2.44. The number of phenolic OH excluding ortho intramolecular Hbond substituents is 2. The fourth-order valence-electron chi connectivity index (χ4n) is 5.54. The third kappa shape index (κ3) is 4.67. The van der Waals surface area contributed by atoms with Crippen molar-refractivity contribution in [3.8, 4) is 22.8 Å². The Kier molecular flexibility index (Phi) is 6.69. The van der Waals surface area contributed by atoms with Crippen LogP contribution in [0.15, 0.2) is 88.2 Å². The average molecular weight is 536 g/mol. The Morgan fingerprint density at radius 2 is 1.70 bits per heavy atom. The number of amides is 1. The summed E-state index contributed by atoms with van der Waals surface area (Å²) in [7, 11) is 2.03. The highest BCUT2D eigenvalue weighted by molar-refractivity contribution is 5.92. The lowest BCUT2D eigenvalue weighted by atomic mass is 9.84. The number of nitrogens with zero attached hydrogens (tertiary/aromatic N) is 3. The van der Waals surface area contributed by atoms with Gasteiger partial charge in [-0.1, -0.05) is 54.6 Å². The van der Waals surface area contributed by atoms with Crippen molar-refractivity contribution in [2.24, 2.45) is 0 Å². The van der Waals surface area contributed by atoms with Gasteiger partial charge >= 0.3 is 0 Å². The Morgan fingerprint density at radius 3 is 2.48 bits per heavy atom. The van der Waals surface area contributed by atoms with E-state index in [1.807, 2.05) is 72.6 Å². The number of benzene rings is 3. The summed E-state index contributed by atoms with van der Waals surface area (Å²) in [5, 5.41) is 22.9. The van der Waals surface area contributed by atoms with Gasteiger partial charge in [-0.3, -0.25) is 14.6 Å². The summed E-state index contributed by atoms with van der Waals surface area (Å²) in [5.74, 6) is -1.13. The van der Waals surface area contributed by atoms with E-state index >= 15 is 0 Å². The predicted molar refractivity (Wildman–Crippen MR) is 154 cm³/mol. The molecule has 2 aromatic heterocycles. The van der Waals surface area contributed by atoms with Crippen LogP contribution in [-0.2, 0) is 4.79 Å². The van der Waals surface area contributed by atoms with Crippen molar-refractivity contribution in [3.63, 3.8) is 0 Å². The normalized spacial score (nSPS) is 15.0. The molecule has 8 nitrogen and oxygen atoms in total. The number of piperazine rings is 1. The first kappa shape index (κ1) is 25.6. The minimum absolute atomic E-state index is 0.0200. The zero-order valence-corrected chi connectivity index (χ0v) is 22.1. The third-order valence-electron chi connectivity index (χ3n) is 7.68. The number of hydrogen-bond donors (Lipinski definition) is 2. The number of rotatable bonds is 5. The minimum Gasteiger partial charge on any atom is -0.507 e. The number of likely N-dealkylation sites (N-methyl/N-ethyl adjacent to an activating group) is 1. The molecule has 1 aliphatic rings. The molecule has 1 atom stereocenters. The SMILES string of the molecule is CN1CCN(C(=O)C[C@H](c2cccc3cccnc23)c2c(O)cc(O)c3c(=O)cc(-c4ccccc4)oc23)CC1. The number of aromatic hydroxyl groups is 2. The van der Waals surface area contributed by atoms with Crippen molar-refractivity contribution in [3.05, 3.63) is 100 Å². The maximum absolute atomic E-state index is 13.7. The standard InChI is InChI=1S/C32H29N3O5/c1-34-13-15-35(16-14-34)28(39)17-23(22-11-5-9-21-10-6-12-33-31(21)22)29-24(36)18-25(37)30-26(38)19-27(40-32(29)30)20-7-3-2-4-8-20/h2-12,18-19,23,36-37H,13-17H2,1H3/t23-/m1/s1. The second-order valence-corrected chi connectivity index (χ2v) is 10.2. The molecule has 0 unspecified atom stereocenters. The summed E-state index contributed by atoms with van der Waals surface area (Å²) in [6.07, 6.45) is 1.71. The molecule has 6 rings (SSSR count). The Labute approximate surface area is 230 Å². The number of hydrogen-bond acceptors (Lipinski definition) is 7. The van der Waals surface area contributed by atoms with Crippen LogP contribution in [-0.4, -0.2) is 64.1 Å². The van der Waals surface area contributed by atoms with Crippen LogP contribution in [0, 0.1) is 0 Å². The van der Waals surface area contributed by atoms with Gasteiger partial charge in [0.2, 0.25) is 5.91 Å². The van der Waals surface area contributed by atoms with E-state index < -0.39 is 11.3 Å². The molecule has 3 heterocycles. The van der Waals surface area contributed by atoms with Gasteiger partial charge in [-0.05, 0) is 18.7 Å². The first-order valence-electron chi connectivity index (χ1n) is 13.3. The van der Waals surface area contributed by atoms with Gasteiger partial charge in [-0.2, -0.15) is 0 Å². The van der Waals surface area contributed by atoms with Gasteiger partial charge < -0.3 is 24.4 Å². The van der Waals surface area contributed by atoms with Crippen molar-refractivity contribution in [1.29, 1.82) is 0 Å². The average Bonchev–Trinajstić information content (AvgIpc) is 2.96. The Hall–Kier alpha value is -4.69. The number of para-hydroxylation sites is 1. The van der Waals surface area contributed by atoms with E-state index in [9.17, 15) is 19.8 Å². The molecular weight excluding hydrogens is 506 g/mol. The summed E-state index contributed by atoms with van der Waals surface area (Å²) >= 11 is 0. The van der Waals surface area contributed by atoms with Gasteiger partial charge in [0.05, 0.1) is 5.52 Å². The van der Waals surface area contributed by atoms with Crippen LogP contribution in [0.3, 0.4) is 0 Å². The van der Waals surface area contributed by atoms with Crippen LogP contribution in [0.25, 0.3) is 33.2 Å². The van der Waals surface area contributed by atoms with Crippen LogP contribution in [0.1, 0.15) is 23.5 Å². The molecule has 8 heteroatoms. The molecule has 0 saturated carbocycles. The van der Waals surface area contributed by atoms with E-state index in [0.717, 1.165) is 30.1 Å². The van der Waals surface area contributed by atoms with Crippen LogP contribution in [0.5, 0.6) is 11.5 Å². The molecule has 0 bridgehead atoms. The quantitative estimate of drug-likeness (QED) is 0.336. The number of aromatic nitrogens is 1. The molecule has 1 saturated heterocycles. The van der Waals surface area contributed by atoms with E-state index in [1.54, 1.807) is 6.20 Å². The number of phenols is 2. The second kappa shape index (κ2) is 10.5. The summed E-state index contributed by atoms with van der Waals surface area (Å²) in [4.78, 5) is 35.7. The predicted octanol–water partition coefficient (Wildman–Crippen LogP) is 4.72. The lowest BCUT2D eigenvalue weighted by Crippen LogP contribution is -2.47. The van der Waals surface area contributed by atoms with Gasteiger partial charge in [0, 0.05) is 73.4 Å². The monoisotopic (exact) mass is 535 g/mol. The summed E-state index contributed by atoms with van der Waals surface area (Å²) < 4.78 is 6.31. The number of carbonyl (C=O) groups is 1.